The lowest BCUT2D eigenvalue weighted by Gasteiger charge is -2.31. The van der Waals surface area contributed by atoms with Crippen LogP contribution in [0.3, 0.4) is 0 Å². The minimum atomic E-state index is -4.52. The Bertz CT molecular complexity index is 1410. The molecule has 0 amide bonds. The zero-order chi connectivity index (χ0) is 26.2. The van der Waals surface area contributed by atoms with Gasteiger partial charge in [0, 0.05) is 39.3 Å². The Morgan fingerprint density at radius 2 is 1.92 bits per heavy atom. The van der Waals surface area contributed by atoms with Crippen LogP contribution in [0.25, 0.3) is 11.2 Å². The van der Waals surface area contributed by atoms with Gasteiger partial charge in [0.15, 0.2) is 11.2 Å². The van der Waals surface area contributed by atoms with E-state index in [1.54, 1.807) is 4.57 Å². The summed E-state index contributed by atoms with van der Waals surface area (Å²) in [5.41, 5.74) is 5.79. The first-order valence-electron chi connectivity index (χ1n) is 12.0. The third-order valence-electron chi connectivity index (χ3n) is 6.56. The molecule has 3 aromatic rings. The Balaban J connectivity index is 1.83. The molecule has 1 aromatic carbocycles. The van der Waals surface area contributed by atoms with Crippen molar-refractivity contribution in [2.45, 2.75) is 58.4 Å². The number of fused-ring (bicyclic) bond motifs is 1. The Morgan fingerprint density at radius 3 is 2.58 bits per heavy atom. The van der Waals surface area contributed by atoms with E-state index in [0.717, 1.165) is 35.6 Å². The van der Waals surface area contributed by atoms with Crippen LogP contribution in [0.2, 0.25) is 0 Å². The smallest absolute Gasteiger partial charge is 0.341 e. The largest absolute Gasteiger partial charge is 0.416 e. The van der Waals surface area contributed by atoms with Crippen molar-refractivity contribution in [2.75, 3.05) is 18.0 Å². The number of hydrogen-bond acceptors (Lipinski definition) is 5. The fraction of sp³-hybridized carbons (Fsp3) is 0.480. The lowest BCUT2D eigenvalue weighted by atomic mass is 10.0. The van der Waals surface area contributed by atoms with E-state index < -0.39 is 23.0 Å². The summed E-state index contributed by atoms with van der Waals surface area (Å²) in [6.45, 7) is 5.37. The maximum Gasteiger partial charge on any atom is 0.416 e. The molecule has 3 heterocycles. The molecule has 0 radical (unpaired) electrons. The molecule has 0 bridgehead atoms. The zero-order valence-corrected chi connectivity index (χ0v) is 20.7. The van der Waals surface area contributed by atoms with Crippen LogP contribution < -0.4 is 21.9 Å². The van der Waals surface area contributed by atoms with Crippen LogP contribution in [0.5, 0.6) is 0 Å². The van der Waals surface area contributed by atoms with E-state index in [2.05, 4.69) is 4.98 Å². The summed E-state index contributed by atoms with van der Waals surface area (Å²) in [4.78, 5) is 33.5. The van der Waals surface area contributed by atoms with Gasteiger partial charge in [-0.15, -0.1) is 0 Å². The van der Waals surface area contributed by atoms with Crippen LogP contribution >= 0.6 is 0 Å². The molecule has 1 aliphatic heterocycles. The number of imidazole rings is 1. The third-order valence-corrected chi connectivity index (χ3v) is 6.56. The van der Waals surface area contributed by atoms with Crippen molar-refractivity contribution in [3.63, 3.8) is 0 Å². The van der Waals surface area contributed by atoms with E-state index in [1.807, 2.05) is 24.8 Å². The minimum absolute atomic E-state index is 0.0235. The Hall–Kier alpha value is -3.34. The molecule has 0 aliphatic carbocycles. The molecule has 1 unspecified atom stereocenters. The molecule has 194 valence electrons. The summed E-state index contributed by atoms with van der Waals surface area (Å²) in [5.74, 6) is 0.560. The maximum atomic E-state index is 13.6. The molecule has 1 aliphatic rings. The van der Waals surface area contributed by atoms with Gasteiger partial charge in [0.25, 0.3) is 5.56 Å². The summed E-state index contributed by atoms with van der Waals surface area (Å²) >= 11 is 0. The molecule has 2 N–H and O–H groups in total. The second kappa shape index (κ2) is 9.96. The van der Waals surface area contributed by atoms with Gasteiger partial charge in [-0.25, -0.2) is 4.79 Å². The number of anilines is 1. The number of rotatable bonds is 6. The highest BCUT2D eigenvalue weighted by Crippen LogP contribution is 2.32. The van der Waals surface area contributed by atoms with Gasteiger partial charge in [0.2, 0.25) is 5.95 Å². The van der Waals surface area contributed by atoms with Gasteiger partial charge >= 0.3 is 11.9 Å². The van der Waals surface area contributed by atoms with Gasteiger partial charge in [0.05, 0.1) is 5.56 Å². The lowest BCUT2D eigenvalue weighted by Crippen LogP contribution is -2.44. The number of nitrogens with zero attached hydrogens (tertiary/aromatic N) is 5. The maximum absolute atomic E-state index is 13.6. The third kappa shape index (κ3) is 4.97. The highest BCUT2D eigenvalue weighted by atomic mass is 19.4. The van der Waals surface area contributed by atoms with Crippen LogP contribution in [-0.2, 0) is 32.7 Å². The summed E-state index contributed by atoms with van der Waals surface area (Å²) < 4.78 is 44.4. The SMILES string of the molecule is CC(C)=CCn1c(N2CCCC(N)C2)nc2c1c(=O)n(CCc1ccccc1C(F)(F)F)c(=O)n2C. The molecule has 0 saturated carbocycles. The number of halogens is 3. The molecule has 4 rings (SSSR count). The number of aromatic nitrogens is 4. The molecule has 1 fully saturated rings. The molecular weight excluding hydrogens is 473 g/mol. The Morgan fingerprint density at radius 1 is 1.19 bits per heavy atom. The Labute approximate surface area is 206 Å². The van der Waals surface area contributed by atoms with Crippen molar-refractivity contribution in [1.29, 1.82) is 0 Å². The van der Waals surface area contributed by atoms with Gasteiger partial charge in [-0.05, 0) is 44.7 Å². The number of hydrogen-bond donors (Lipinski definition) is 1. The molecular formula is C25H31F3N6O2. The first kappa shape index (κ1) is 25.7. The van der Waals surface area contributed by atoms with Crippen molar-refractivity contribution in [2.24, 2.45) is 12.8 Å². The van der Waals surface area contributed by atoms with Crippen molar-refractivity contribution in [1.82, 2.24) is 18.7 Å². The number of piperidine rings is 1. The zero-order valence-electron chi connectivity index (χ0n) is 20.7. The van der Waals surface area contributed by atoms with Crippen LogP contribution in [0, 0.1) is 0 Å². The fourth-order valence-corrected chi connectivity index (χ4v) is 4.68. The fourth-order valence-electron chi connectivity index (χ4n) is 4.68. The predicted molar refractivity (Wildman–Crippen MR) is 133 cm³/mol. The summed E-state index contributed by atoms with van der Waals surface area (Å²) in [6.07, 6.45) is -0.900. The number of nitrogens with two attached hydrogens (primary N) is 1. The first-order valence-corrected chi connectivity index (χ1v) is 12.0. The van der Waals surface area contributed by atoms with Crippen molar-refractivity contribution < 1.29 is 13.2 Å². The van der Waals surface area contributed by atoms with E-state index in [0.29, 0.717) is 19.0 Å². The molecule has 11 heteroatoms. The van der Waals surface area contributed by atoms with Gasteiger partial charge in [-0.1, -0.05) is 29.8 Å². The summed E-state index contributed by atoms with van der Waals surface area (Å²) in [7, 11) is 1.52. The van der Waals surface area contributed by atoms with E-state index in [-0.39, 0.29) is 35.7 Å². The van der Waals surface area contributed by atoms with E-state index in [9.17, 15) is 22.8 Å². The van der Waals surface area contributed by atoms with Gasteiger partial charge in [-0.2, -0.15) is 18.2 Å². The molecule has 36 heavy (non-hydrogen) atoms. The number of alkyl halides is 3. The van der Waals surface area contributed by atoms with Crippen LogP contribution in [0.1, 0.15) is 37.8 Å². The highest BCUT2D eigenvalue weighted by Gasteiger charge is 2.33. The second-order valence-corrected chi connectivity index (χ2v) is 9.53. The van der Waals surface area contributed by atoms with Crippen LogP contribution in [0.4, 0.5) is 19.1 Å². The quantitative estimate of drug-likeness (QED) is 0.521. The molecule has 0 spiro atoms. The molecule has 8 nitrogen and oxygen atoms in total. The van der Waals surface area contributed by atoms with Gasteiger partial charge in [0.1, 0.15) is 0 Å². The topological polar surface area (TPSA) is 91.1 Å². The normalized spacial score (nSPS) is 16.5. The monoisotopic (exact) mass is 504 g/mol. The van der Waals surface area contributed by atoms with Gasteiger partial charge < -0.3 is 15.2 Å². The average Bonchev–Trinajstić information content (AvgIpc) is 3.21. The number of aryl methyl sites for hydroxylation is 2. The second-order valence-electron chi connectivity index (χ2n) is 9.53. The lowest BCUT2D eigenvalue weighted by molar-refractivity contribution is -0.138. The summed E-state index contributed by atoms with van der Waals surface area (Å²) in [5, 5.41) is 0. The van der Waals surface area contributed by atoms with E-state index in [4.69, 9.17) is 5.73 Å². The molecule has 2 aromatic heterocycles. The molecule has 1 atom stereocenters. The van der Waals surface area contributed by atoms with Crippen molar-refractivity contribution in [3.8, 4) is 0 Å². The van der Waals surface area contributed by atoms with Crippen molar-refractivity contribution >= 4 is 17.1 Å². The van der Waals surface area contributed by atoms with Gasteiger partial charge in [-0.3, -0.25) is 13.9 Å². The minimum Gasteiger partial charge on any atom is -0.341 e. The van der Waals surface area contributed by atoms with Crippen LogP contribution in [-0.4, -0.2) is 37.8 Å². The highest BCUT2D eigenvalue weighted by molar-refractivity contribution is 5.74. The number of allylic oxidation sites excluding steroid dienone is 2. The Kier molecular flexibility index (Phi) is 7.12. The molecule has 1 saturated heterocycles. The predicted octanol–water partition coefficient (Wildman–Crippen LogP) is 3.05. The summed E-state index contributed by atoms with van der Waals surface area (Å²) in [6, 6.07) is 5.18. The standard InChI is InChI=1S/C25H31F3N6O2/c1-16(2)10-13-33-20-21(30-23(33)32-12-6-8-18(29)15-32)31(3)24(36)34(22(20)35)14-11-17-7-4-5-9-19(17)25(26,27)28/h4-5,7,9-10,18H,6,8,11-15,29H2,1-3H3. The van der Waals surface area contributed by atoms with E-state index in [1.165, 1.54) is 29.8 Å². The van der Waals surface area contributed by atoms with E-state index >= 15 is 0 Å². The first-order chi connectivity index (χ1) is 17.0. The van der Waals surface area contributed by atoms with Crippen molar-refractivity contribution in [3.05, 3.63) is 67.9 Å². The average molecular weight is 505 g/mol. The van der Waals surface area contributed by atoms with Crippen LogP contribution in [0.15, 0.2) is 45.5 Å². The number of benzene rings is 1.